The molecule has 1 aliphatic heterocycles. The molecule has 1 fully saturated rings. The summed E-state index contributed by atoms with van der Waals surface area (Å²) >= 11 is 0. The van der Waals surface area contributed by atoms with Crippen molar-refractivity contribution in [2.75, 3.05) is 0 Å². The highest BCUT2D eigenvalue weighted by Crippen LogP contribution is 2.29. The summed E-state index contributed by atoms with van der Waals surface area (Å²) in [5.74, 6) is 0.521. The van der Waals surface area contributed by atoms with Gasteiger partial charge in [-0.3, -0.25) is 0 Å². The second kappa shape index (κ2) is 4.31. The number of benzene rings is 1. The molecule has 0 unspecified atom stereocenters. The fraction of sp³-hybridized carbons (Fsp3) is 0.538. The molecule has 1 saturated heterocycles. The van der Waals surface area contributed by atoms with Crippen molar-refractivity contribution in [3.05, 3.63) is 35.6 Å². The van der Waals surface area contributed by atoms with Crippen LogP contribution in [0.2, 0.25) is 0 Å². The van der Waals surface area contributed by atoms with E-state index < -0.39 is 0 Å². The van der Waals surface area contributed by atoms with Gasteiger partial charge in [-0.05, 0) is 36.5 Å². The molecule has 2 heteroatoms. The summed E-state index contributed by atoms with van der Waals surface area (Å²) in [7, 11) is 0. The molecule has 2 atom stereocenters. The lowest BCUT2D eigenvalue weighted by Crippen LogP contribution is -2.28. The molecule has 0 saturated carbocycles. The van der Waals surface area contributed by atoms with Gasteiger partial charge >= 0.3 is 0 Å². The average molecular weight is 207 g/mol. The Bertz CT molecular complexity index is 318. The van der Waals surface area contributed by atoms with E-state index in [1.807, 2.05) is 12.1 Å². The first-order valence-corrected chi connectivity index (χ1v) is 5.68. The Morgan fingerprint density at radius 3 is 2.40 bits per heavy atom. The lowest BCUT2D eigenvalue weighted by Gasteiger charge is -2.17. The molecule has 1 aliphatic rings. The van der Waals surface area contributed by atoms with E-state index in [0.717, 1.165) is 6.42 Å². The van der Waals surface area contributed by atoms with Crippen molar-refractivity contribution >= 4 is 0 Å². The first-order valence-electron chi connectivity index (χ1n) is 5.68. The van der Waals surface area contributed by atoms with E-state index in [9.17, 15) is 4.39 Å². The first kappa shape index (κ1) is 10.6. The Balaban J connectivity index is 2.04. The fourth-order valence-corrected chi connectivity index (χ4v) is 2.26. The first-order chi connectivity index (χ1) is 7.16. The van der Waals surface area contributed by atoms with Crippen molar-refractivity contribution in [3.8, 4) is 0 Å². The molecule has 0 bridgehead atoms. The normalized spacial score (nSPS) is 26.1. The highest BCUT2D eigenvalue weighted by Gasteiger charge is 2.26. The maximum absolute atomic E-state index is 12.8. The van der Waals surface area contributed by atoms with Gasteiger partial charge in [0.05, 0.1) is 0 Å². The van der Waals surface area contributed by atoms with Gasteiger partial charge in [0.1, 0.15) is 5.82 Å². The van der Waals surface area contributed by atoms with Gasteiger partial charge in [0.2, 0.25) is 0 Å². The van der Waals surface area contributed by atoms with Crippen molar-refractivity contribution in [1.29, 1.82) is 0 Å². The number of halogens is 1. The smallest absolute Gasteiger partial charge is 0.123 e. The summed E-state index contributed by atoms with van der Waals surface area (Å²) in [4.78, 5) is 0. The van der Waals surface area contributed by atoms with Crippen LogP contribution in [0, 0.1) is 11.7 Å². The van der Waals surface area contributed by atoms with Crippen LogP contribution in [0.4, 0.5) is 4.39 Å². The van der Waals surface area contributed by atoms with Crippen LogP contribution < -0.4 is 5.32 Å². The molecule has 1 aromatic rings. The van der Waals surface area contributed by atoms with Gasteiger partial charge in [0.25, 0.3) is 0 Å². The summed E-state index contributed by atoms with van der Waals surface area (Å²) in [6.45, 7) is 4.48. The Kier molecular flexibility index (Phi) is 3.06. The predicted molar refractivity (Wildman–Crippen MR) is 60.1 cm³/mol. The van der Waals surface area contributed by atoms with Crippen molar-refractivity contribution in [2.45, 2.75) is 38.8 Å². The number of hydrogen-bond acceptors (Lipinski definition) is 1. The van der Waals surface area contributed by atoms with Crippen LogP contribution in [0.5, 0.6) is 0 Å². The molecule has 1 heterocycles. The summed E-state index contributed by atoms with van der Waals surface area (Å²) in [5, 5.41) is 3.60. The van der Waals surface area contributed by atoms with Crippen LogP contribution in [0.15, 0.2) is 24.3 Å². The van der Waals surface area contributed by atoms with Gasteiger partial charge in [-0.15, -0.1) is 0 Å². The van der Waals surface area contributed by atoms with E-state index in [2.05, 4.69) is 19.2 Å². The Hall–Kier alpha value is -0.890. The number of rotatable bonds is 2. The Morgan fingerprint density at radius 2 is 1.87 bits per heavy atom. The van der Waals surface area contributed by atoms with Gasteiger partial charge in [-0.2, -0.15) is 0 Å². The van der Waals surface area contributed by atoms with Crippen molar-refractivity contribution in [3.63, 3.8) is 0 Å². The molecule has 0 aliphatic carbocycles. The monoisotopic (exact) mass is 207 g/mol. The van der Waals surface area contributed by atoms with Crippen molar-refractivity contribution in [2.24, 2.45) is 5.92 Å². The second-order valence-electron chi connectivity index (χ2n) is 4.70. The fourth-order valence-electron chi connectivity index (χ4n) is 2.26. The van der Waals surface area contributed by atoms with Crippen LogP contribution in [-0.2, 0) is 0 Å². The molecule has 1 aromatic carbocycles. The van der Waals surface area contributed by atoms with Gasteiger partial charge < -0.3 is 5.32 Å². The van der Waals surface area contributed by atoms with Crippen LogP contribution in [-0.4, -0.2) is 6.04 Å². The zero-order valence-electron chi connectivity index (χ0n) is 9.33. The van der Waals surface area contributed by atoms with Crippen LogP contribution >= 0.6 is 0 Å². The van der Waals surface area contributed by atoms with E-state index in [0.29, 0.717) is 18.0 Å². The molecule has 1 N–H and O–H groups in total. The summed E-state index contributed by atoms with van der Waals surface area (Å²) in [5.41, 5.74) is 1.21. The standard InChI is InChI=1S/C13H18FN/c1-9(2)12-7-8-13(15-12)10-3-5-11(14)6-4-10/h3-6,9,12-13,15H,7-8H2,1-2H3/t12-,13+/m1/s1. The van der Waals surface area contributed by atoms with E-state index in [1.165, 1.54) is 12.0 Å². The third-order valence-electron chi connectivity index (χ3n) is 3.26. The van der Waals surface area contributed by atoms with Crippen LogP contribution in [0.25, 0.3) is 0 Å². The Labute approximate surface area is 90.7 Å². The van der Waals surface area contributed by atoms with Crippen LogP contribution in [0.1, 0.15) is 38.3 Å². The molecule has 2 rings (SSSR count). The lowest BCUT2D eigenvalue weighted by atomic mass is 10.0. The molecule has 0 spiro atoms. The van der Waals surface area contributed by atoms with E-state index in [1.54, 1.807) is 12.1 Å². The SMILES string of the molecule is CC(C)[C@H]1CC[C@@H](c2ccc(F)cc2)N1. The quantitative estimate of drug-likeness (QED) is 0.784. The summed E-state index contributed by atoms with van der Waals surface area (Å²) in [6, 6.07) is 7.88. The third-order valence-corrected chi connectivity index (χ3v) is 3.26. The van der Waals surface area contributed by atoms with Crippen molar-refractivity contribution < 1.29 is 4.39 Å². The molecule has 0 aromatic heterocycles. The molecule has 15 heavy (non-hydrogen) atoms. The zero-order valence-corrected chi connectivity index (χ0v) is 9.33. The van der Waals surface area contributed by atoms with Gasteiger partial charge in [-0.25, -0.2) is 4.39 Å². The van der Waals surface area contributed by atoms with E-state index >= 15 is 0 Å². The zero-order chi connectivity index (χ0) is 10.8. The molecular formula is C13H18FN. The second-order valence-corrected chi connectivity index (χ2v) is 4.70. The van der Waals surface area contributed by atoms with Gasteiger partial charge in [0, 0.05) is 12.1 Å². The number of hydrogen-bond donors (Lipinski definition) is 1. The molecule has 0 radical (unpaired) electrons. The number of nitrogens with one attached hydrogen (secondary N) is 1. The van der Waals surface area contributed by atoms with Crippen molar-refractivity contribution in [1.82, 2.24) is 5.32 Å². The minimum absolute atomic E-state index is 0.155. The minimum Gasteiger partial charge on any atom is -0.307 e. The highest BCUT2D eigenvalue weighted by atomic mass is 19.1. The van der Waals surface area contributed by atoms with E-state index in [4.69, 9.17) is 0 Å². The topological polar surface area (TPSA) is 12.0 Å². The largest absolute Gasteiger partial charge is 0.307 e. The maximum atomic E-state index is 12.8. The maximum Gasteiger partial charge on any atom is 0.123 e. The summed E-state index contributed by atoms with van der Waals surface area (Å²) in [6.07, 6.45) is 2.38. The molecule has 82 valence electrons. The predicted octanol–water partition coefficient (Wildman–Crippen LogP) is 3.27. The summed E-state index contributed by atoms with van der Waals surface area (Å²) < 4.78 is 12.8. The molecule has 0 amide bonds. The van der Waals surface area contributed by atoms with Gasteiger partial charge in [-0.1, -0.05) is 26.0 Å². The molecular weight excluding hydrogens is 189 g/mol. The Morgan fingerprint density at radius 1 is 1.20 bits per heavy atom. The molecule has 1 nitrogen and oxygen atoms in total. The average Bonchev–Trinajstić information content (AvgIpc) is 2.68. The van der Waals surface area contributed by atoms with E-state index in [-0.39, 0.29) is 5.82 Å². The third kappa shape index (κ3) is 2.37. The highest BCUT2D eigenvalue weighted by molar-refractivity contribution is 5.21. The lowest BCUT2D eigenvalue weighted by molar-refractivity contribution is 0.432. The van der Waals surface area contributed by atoms with Crippen LogP contribution in [0.3, 0.4) is 0 Å². The van der Waals surface area contributed by atoms with Gasteiger partial charge in [0.15, 0.2) is 0 Å². The minimum atomic E-state index is -0.155.